The van der Waals surface area contributed by atoms with Gasteiger partial charge in [-0.25, -0.2) is 4.98 Å². The number of rotatable bonds is 3. The lowest BCUT2D eigenvalue weighted by Gasteiger charge is -2.24. The number of hydrogen-bond donors (Lipinski definition) is 3. The lowest BCUT2D eigenvalue weighted by atomic mass is 10.4. The van der Waals surface area contributed by atoms with Crippen LogP contribution in [-0.4, -0.2) is 43.7 Å². The highest BCUT2D eigenvalue weighted by atomic mass is 31.2. The number of ether oxygens (including phenoxy) is 1. The molecule has 2 aromatic rings. The number of nitrogens with two attached hydrogens (primary N) is 1. The Morgan fingerprint density at radius 1 is 1.60 bits per heavy atom. The molecule has 3 heterocycles. The molecule has 4 N–H and O–H groups in total. The first-order valence-electron chi connectivity index (χ1n) is 5.70. The van der Waals surface area contributed by atoms with Crippen molar-refractivity contribution in [2.75, 3.05) is 18.9 Å². The van der Waals surface area contributed by atoms with Crippen LogP contribution in [0.25, 0.3) is 11.2 Å². The minimum absolute atomic E-state index is 0.0134. The van der Waals surface area contributed by atoms with Crippen LogP contribution in [0.4, 0.5) is 5.95 Å². The molecule has 1 saturated heterocycles. The third-order valence-corrected chi connectivity index (χ3v) is 3.42. The highest BCUT2D eigenvalue weighted by Crippen LogP contribution is 2.36. The van der Waals surface area contributed by atoms with Gasteiger partial charge in [-0.05, 0) is 0 Å². The van der Waals surface area contributed by atoms with Crippen molar-refractivity contribution in [3.63, 3.8) is 0 Å². The molecule has 0 spiro atoms. The van der Waals surface area contributed by atoms with Crippen molar-refractivity contribution in [1.82, 2.24) is 19.5 Å². The fraction of sp³-hybridized carbons (Fsp3) is 0.444. The largest absolute Gasteiger partial charge is 0.369 e. The molecule has 0 aliphatic carbocycles. The van der Waals surface area contributed by atoms with Crippen LogP contribution in [-0.2, 0) is 20.5 Å². The number of nitrogens with zero attached hydrogens (tertiary/aromatic N) is 3. The number of H-pyrrole nitrogens is 1. The van der Waals surface area contributed by atoms with Crippen LogP contribution in [0.1, 0.15) is 0 Å². The van der Waals surface area contributed by atoms with Crippen LogP contribution in [0.5, 0.6) is 0 Å². The second-order valence-electron chi connectivity index (χ2n) is 4.08. The van der Waals surface area contributed by atoms with E-state index in [-0.39, 0.29) is 37.5 Å². The Balaban J connectivity index is 1.73. The molecular formula is C9H12N5O5P. The molecule has 0 amide bonds. The molecule has 0 unspecified atom stereocenters. The van der Waals surface area contributed by atoms with E-state index in [9.17, 15) is 4.79 Å². The number of hydrogen-bond acceptors (Lipinski definition) is 8. The molecule has 3 rings (SSSR count). The highest BCUT2D eigenvalue weighted by Gasteiger charge is 2.22. The predicted octanol–water partition coefficient (Wildman–Crippen LogP) is -0.690. The van der Waals surface area contributed by atoms with E-state index in [1.165, 1.54) is 6.33 Å². The van der Waals surface area contributed by atoms with Crippen LogP contribution >= 0.6 is 8.60 Å². The molecule has 0 saturated carbocycles. The Labute approximate surface area is 113 Å². The fourth-order valence-electron chi connectivity index (χ4n) is 1.73. The lowest BCUT2D eigenvalue weighted by Crippen LogP contribution is -2.29. The van der Waals surface area contributed by atoms with Gasteiger partial charge in [0.1, 0.15) is 12.8 Å². The van der Waals surface area contributed by atoms with Gasteiger partial charge in [0.2, 0.25) is 5.95 Å². The van der Waals surface area contributed by atoms with E-state index < -0.39 is 14.2 Å². The second kappa shape index (κ2) is 5.43. The van der Waals surface area contributed by atoms with Crippen LogP contribution < -0.4 is 11.3 Å². The SMILES string of the molecule is Nc1nc2c(ncn2COC2COP(O)OC2)c(=O)[nH]1. The zero-order chi connectivity index (χ0) is 14.1. The quantitative estimate of drug-likeness (QED) is 0.633. The van der Waals surface area contributed by atoms with Gasteiger partial charge in [0.15, 0.2) is 11.2 Å². The molecular weight excluding hydrogens is 289 g/mol. The highest BCUT2D eigenvalue weighted by molar-refractivity contribution is 7.40. The molecule has 0 radical (unpaired) electrons. The van der Waals surface area contributed by atoms with E-state index in [4.69, 9.17) is 24.4 Å². The van der Waals surface area contributed by atoms with Crippen molar-refractivity contribution >= 4 is 25.7 Å². The molecule has 0 aromatic carbocycles. The Hall–Kier alpha value is -1.58. The minimum Gasteiger partial charge on any atom is -0.369 e. The molecule has 0 bridgehead atoms. The normalized spacial score (nSPS) is 23.2. The lowest BCUT2D eigenvalue weighted by molar-refractivity contribution is -0.0631. The topological polar surface area (TPSA) is 138 Å². The average Bonchev–Trinajstić information content (AvgIpc) is 2.81. The second-order valence-corrected chi connectivity index (χ2v) is 5.08. The summed E-state index contributed by atoms with van der Waals surface area (Å²) < 4.78 is 17.0. The Kier molecular flexibility index (Phi) is 3.64. The van der Waals surface area contributed by atoms with Crippen LogP contribution in [0, 0.1) is 0 Å². The Bertz CT molecular complexity index is 664. The first-order valence-corrected chi connectivity index (χ1v) is 6.83. The van der Waals surface area contributed by atoms with Gasteiger partial charge in [-0.15, -0.1) is 0 Å². The Morgan fingerprint density at radius 2 is 2.35 bits per heavy atom. The van der Waals surface area contributed by atoms with Crippen molar-refractivity contribution in [3.8, 4) is 0 Å². The van der Waals surface area contributed by atoms with E-state index in [0.717, 1.165) is 0 Å². The Morgan fingerprint density at radius 3 is 3.10 bits per heavy atom. The molecule has 11 heteroatoms. The van der Waals surface area contributed by atoms with Crippen molar-refractivity contribution in [1.29, 1.82) is 0 Å². The van der Waals surface area contributed by atoms with Gasteiger partial charge in [-0.1, -0.05) is 0 Å². The summed E-state index contributed by atoms with van der Waals surface area (Å²) in [5.41, 5.74) is 5.62. The van der Waals surface area contributed by atoms with E-state index in [2.05, 4.69) is 15.0 Å². The summed E-state index contributed by atoms with van der Waals surface area (Å²) in [6, 6.07) is 0. The summed E-state index contributed by atoms with van der Waals surface area (Å²) in [5, 5.41) is 0. The van der Waals surface area contributed by atoms with E-state index >= 15 is 0 Å². The van der Waals surface area contributed by atoms with Gasteiger partial charge in [0, 0.05) is 0 Å². The number of fused-ring (bicyclic) bond motifs is 1. The van der Waals surface area contributed by atoms with Gasteiger partial charge in [0.25, 0.3) is 5.56 Å². The number of nitrogen functional groups attached to an aromatic ring is 1. The number of nitrogens with one attached hydrogen (secondary N) is 1. The molecule has 1 aliphatic heterocycles. The van der Waals surface area contributed by atoms with Gasteiger partial charge in [0.05, 0.1) is 19.5 Å². The van der Waals surface area contributed by atoms with Gasteiger partial charge < -0.3 is 24.4 Å². The average molecular weight is 301 g/mol. The molecule has 0 atom stereocenters. The standard InChI is InChI=1S/C9H12N5O5P/c10-9-12-7-6(8(15)13-9)11-3-14(7)4-17-5-1-18-20(16)19-2-5/h3,5,16H,1-2,4H2,(H3,10,12,13,15). The van der Waals surface area contributed by atoms with E-state index in [1.807, 2.05) is 0 Å². The van der Waals surface area contributed by atoms with Crippen molar-refractivity contribution in [3.05, 3.63) is 16.7 Å². The van der Waals surface area contributed by atoms with Gasteiger partial charge >= 0.3 is 8.60 Å². The maximum Gasteiger partial charge on any atom is 0.330 e. The maximum absolute atomic E-state index is 11.6. The molecule has 10 nitrogen and oxygen atoms in total. The first-order chi connectivity index (χ1) is 9.63. The number of aromatic nitrogens is 4. The minimum atomic E-state index is -1.78. The smallest absolute Gasteiger partial charge is 0.330 e. The fourth-order valence-corrected chi connectivity index (χ4v) is 2.39. The van der Waals surface area contributed by atoms with Crippen molar-refractivity contribution < 1.29 is 18.7 Å². The van der Waals surface area contributed by atoms with Gasteiger partial charge in [-0.2, -0.15) is 4.98 Å². The van der Waals surface area contributed by atoms with Gasteiger partial charge in [-0.3, -0.25) is 14.3 Å². The number of anilines is 1. The van der Waals surface area contributed by atoms with E-state index in [0.29, 0.717) is 5.65 Å². The molecule has 1 aliphatic rings. The summed E-state index contributed by atoms with van der Waals surface area (Å²) in [7, 11) is -1.78. The van der Waals surface area contributed by atoms with Crippen molar-refractivity contribution in [2.45, 2.75) is 12.8 Å². The van der Waals surface area contributed by atoms with E-state index in [1.54, 1.807) is 4.57 Å². The molecule has 20 heavy (non-hydrogen) atoms. The monoisotopic (exact) mass is 301 g/mol. The maximum atomic E-state index is 11.6. The van der Waals surface area contributed by atoms with Crippen LogP contribution in [0.2, 0.25) is 0 Å². The number of imidazole rings is 1. The van der Waals surface area contributed by atoms with Crippen LogP contribution in [0.3, 0.4) is 0 Å². The number of aromatic amines is 1. The molecule has 1 fully saturated rings. The molecule has 108 valence electrons. The zero-order valence-electron chi connectivity index (χ0n) is 10.2. The summed E-state index contributed by atoms with van der Waals surface area (Å²) in [5.74, 6) is 0.0134. The summed E-state index contributed by atoms with van der Waals surface area (Å²) >= 11 is 0. The molecule has 2 aromatic heterocycles. The summed E-state index contributed by atoms with van der Waals surface area (Å²) in [6.45, 7) is 0.600. The third-order valence-electron chi connectivity index (χ3n) is 2.68. The summed E-state index contributed by atoms with van der Waals surface area (Å²) in [4.78, 5) is 31.0. The van der Waals surface area contributed by atoms with Crippen molar-refractivity contribution in [2.24, 2.45) is 0 Å². The zero-order valence-corrected chi connectivity index (χ0v) is 11.1. The first kappa shape index (κ1) is 13.4. The summed E-state index contributed by atoms with van der Waals surface area (Å²) in [6.07, 6.45) is 1.13. The predicted molar refractivity (Wildman–Crippen MR) is 68.5 cm³/mol. The van der Waals surface area contributed by atoms with Crippen LogP contribution in [0.15, 0.2) is 11.1 Å². The third kappa shape index (κ3) is 2.65.